The summed E-state index contributed by atoms with van der Waals surface area (Å²) < 4.78 is 13.2. The van der Waals surface area contributed by atoms with Crippen molar-refractivity contribution in [2.75, 3.05) is 13.6 Å². The van der Waals surface area contributed by atoms with Crippen LogP contribution in [0.15, 0.2) is 48.8 Å². The molecule has 4 nitrogen and oxygen atoms in total. The highest BCUT2D eigenvalue weighted by atomic mass is 19.1. The SMILES string of the molecule is CN1CCCCC[C@@H]1C(=O)N(Cc1ccncc1)Cc1ccc(F)cc1. The average Bonchev–Trinajstić information content (AvgIpc) is 2.87. The van der Waals surface area contributed by atoms with E-state index in [0.717, 1.165) is 36.9 Å². The predicted molar refractivity (Wildman–Crippen MR) is 99.8 cm³/mol. The van der Waals surface area contributed by atoms with E-state index in [0.29, 0.717) is 13.1 Å². The monoisotopic (exact) mass is 355 g/mol. The Balaban J connectivity index is 1.80. The van der Waals surface area contributed by atoms with Crippen molar-refractivity contribution in [1.82, 2.24) is 14.8 Å². The molecule has 1 saturated heterocycles. The summed E-state index contributed by atoms with van der Waals surface area (Å²) in [7, 11) is 2.04. The quantitative estimate of drug-likeness (QED) is 0.822. The van der Waals surface area contributed by atoms with Crippen LogP contribution in [-0.2, 0) is 17.9 Å². The Labute approximate surface area is 154 Å². The highest BCUT2D eigenvalue weighted by molar-refractivity contribution is 5.82. The van der Waals surface area contributed by atoms with Crippen molar-refractivity contribution in [1.29, 1.82) is 0 Å². The fourth-order valence-corrected chi connectivity index (χ4v) is 3.51. The molecule has 0 saturated carbocycles. The third-order valence-corrected chi connectivity index (χ3v) is 5.03. The number of carbonyl (C=O) groups excluding carboxylic acids is 1. The van der Waals surface area contributed by atoms with Gasteiger partial charge in [-0.3, -0.25) is 14.7 Å². The van der Waals surface area contributed by atoms with Gasteiger partial charge in [-0.15, -0.1) is 0 Å². The minimum atomic E-state index is -0.260. The summed E-state index contributed by atoms with van der Waals surface area (Å²) in [5, 5.41) is 0. The van der Waals surface area contributed by atoms with Crippen LogP contribution in [0.4, 0.5) is 4.39 Å². The molecule has 0 bridgehead atoms. The van der Waals surface area contributed by atoms with Gasteiger partial charge < -0.3 is 4.90 Å². The number of benzene rings is 1. The van der Waals surface area contributed by atoms with Crippen LogP contribution in [0.2, 0.25) is 0 Å². The minimum Gasteiger partial charge on any atom is -0.333 e. The summed E-state index contributed by atoms with van der Waals surface area (Å²) in [5.74, 6) is -0.111. The van der Waals surface area contributed by atoms with Gasteiger partial charge in [-0.2, -0.15) is 0 Å². The minimum absolute atomic E-state index is 0.0835. The molecule has 0 unspecified atom stereocenters. The molecule has 0 spiro atoms. The maximum Gasteiger partial charge on any atom is 0.240 e. The number of likely N-dealkylation sites (tertiary alicyclic amines) is 1. The van der Waals surface area contributed by atoms with Crippen molar-refractivity contribution in [3.8, 4) is 0 Å². The normalized spacial score (nSPS) is 18.3. The number of nitrogens with zero attached hydrogens (tertiary/aromatic N) is 3. The van der Waals surface area contributed by atoms with Crippen molar-refractivity contribution in [2.45, 2.75) is 44.8 Å². The lowest BCUT2D eigenvalue weighted by Gasteiger charge is -2.31. The smallest absolute Gasteiger partial charge is 0.240 e. The summed E-state index contributed by atoms with van der Waals surface area (Å²) in [6.45, 7) is 1.96. The van der Waals surface area contributed by atoms with Crippen LogP contribution in [0.5, 0.6) is 0 Å². The molecule has 0 N–H and O–H groups in total. The molecule has 26 heavy (non-hydrogen) atoms. The van der Waals surface area contributed by atoms with Crippen LogP contribution in [0.25, 0.3) is 0 Å². The fraction of sp³-hybridized carbons (Fsp3) is 0.429. The Morgan fingerprint density at radius 3 is 2.42 bits per heavy atom. The van der Waals surface area contributed by atoms with E-state index in [1.54, 1.807) is 24.5 Å². The number of hydrogen-bond donors (Lipinski definition) is 0. The molecule has 1 aliphatic rings. The van der Waals surface area contributed by atoms with Crippen molar-refractivity contribution in [2.24, 2.45) is 0 Å². The average molecular weight is 355 g/mol. The summed E-state index contributed by atoms with van der Waals surface area (Å²) in [6, 6.07) is 10.2. The Bertz CT molecular complexity index is 705. The van der Waals surface area contributed by atoms with E-state index in [-0.39, 0.29) is 17.8 Å². The van der Waals surface area contributed by atoms with E-state index in [4.69, 9.17) is 0 Å². The van der Waals surface area contributed by atoms with E-state index in [2.05, 4.69) is 9.88 Å². The molecule has 1 aromatic heterocycles. The van der Waals surface area contributed by atoms with E-state index < -0.39 is 0 Å². The first-order valence-corrected chi connectivity index (χ1v) is 9.26. The van der Waals surface area contributed by atoms with Crippen LogP contribution in [-0.4, -0.2) is 40.3 Å². The van der Waals surface area contributed by atoms with Gasteiger partial charge in [0.15, 0.2) is 0 Å². The number of pyridine rings is 1. The summed E-state index contributed by atoms with van der Waals surface area (Å²) in [4.78, 5) is 21.4. The molecule has 1 aromatic carbocycles. The second kappa shape index (κ2) is 8.90. The van der Waals surface area contributed by atoms with Gasteiger partial charge >= 0.3 is 0 Å². The summed E-state index contributed by atoms with van der Waals surface area (Å²) in [6.07, 6.45) is 7.78. The van der Waals surface area contributed by atoms with Crippen LogP contribution in [0.3, 0.4) is 0 Å². The van der Waals surface area contributed by atoms with Crippen LogP contribution < -0.4 is 0 Å². The fourth-order valence-electron chi connectivity index (χ4n) is 3.51. The predicted octanol–water partition coefficient (Wildman–Crippen LogP) is 3.62. The number of aromatic nitrogens is 1. The second-order valence-corrected chi connectivity index (χ2v) is 7.02. The highest BCUT2D eigenvalue weighted by Crippen LogP contribution is 2.20. The molecule has 1 aliphatic heterocycles. The zero-order valence-corrected chi connectivity index (χ0v) is 15.3. The molecule has 1 amide bonds. The number of amides is 1. The summed E-state index contributed by atoms with van der Waals surface area (Å²) >= 11 is 0. The lowest BCUT2D eigenvalue weighted by atomic mass is 10.1. The van der Waals surface area contributed by atoms with Gasteiger partial charge in [-0.1, -0.05) is 25.0 Å². The lowest BCUT2D eigenvalue weighted by molar-refractivity contribution is -0.138. The highest BCUT2D eigenvalue weighted by Gasteiger charge is 2.29. The molecule has 1 fully saturated rings. The second-order valence-electron chi connectivity index (χ2n) is 7.02. The first kappa shape index (κ1) is 18.5. The van der Waals surface area contributed by atoms with Gasteiger partial charge in [-0.05, 0) is 61.8 Å². The molecule has 1 atom stereocenters. The van der Waals surface area contributed by atoms with Gasteiger partial charge in [0.05, 0.1) is 6.04 Å². The van der Waals surface area contributed by atoms with Crippen molar-refractivity contribution >= 4 is 5.91 Å². The zero-order valence-electron chi connectivity index (χ0n) is 15.3. The number of rotatable bonds is 5. The maximum absolute atomic E-state index is 13.3. The molecular weight excluding hydrogens is 329 g/mol. The van der Waals surface area contributed by atoms with Crippen LogP contribution in [0.1, 0.15) is 36.8 Å². The van der Waals surface area contributed by atoms with Crippen LogP contribution in [0, 0.1) is 5.82 Å². The number of carbonyl (C=O) groups is 1. The topological polar surface area (TPSA) is 36.4 Å². The van der Waals surface area contributed by atoms with Gasteiger partial charge in [0.25, 0.3) is 0 Å². The van der Waals surface area contributed by atoms with Crippen LogP contribution >= 0.6 is 0 Å². The molecule has 0 radical (unpaired) electrons. The van der Waals surface area contributed by atoms with E-state index >= 15 is 0 Å². The summed E-state index contributed by atoms with van der Waals surface area (Å²) in [5.41, 5.74) is 1.98. The third kappa shape index (κ3) is 4.88. The maximum atomic E-state index is 13.3. The molecule has 138 valence electrons. The van der Waals surface area contributed by atoms with Crippen molar-refractivity contribution in [3.63, 3.8) is 0 Å². The Kier molecular flexibility index (Phi) is 6.34. The molecule has 2 heterocycles. The first-order chi connectivity index (χ1) is 12.6. The van der Waals surface area contributed by atoms with E-state index in [1.165, 1.54) is 18.6 Å². The Morgan fingerprint density at radius 2 is 1.73 bits per heavy atom. The van der Waals surface area contributed by atoms with Crippen molar-refractivity contribution in [3.05, 3.63) is 65.7 Å². The van der Waals surface area contributed by atoms with Gasteiger partial charge in [0.2, 0.25) is 5.91 Å². The third-order valence-electron chi connectivity index (χ3n) is 5.03. The van der Waals surface area contributed by atoms with Gasteiger partial charge in [0.1, 0.15) is 5.82 Å². The zero-order chi connectivity index (χ0) is 18.4. The number of likely N-dealkylation sites (N-methyl/N-ethyl adjacent to an activating group) is 1. The van der Waals surface area contributed by atoms with Gasteiger partial charge in [0, 0.05) is 25.5 Å². The molecular formula is C21H26FN3O. The largest absolute Gasteiger partial charge is 0.333 e. The molecule has 0 aliphatic carbocycles. The van der Waals surface area contributed by atoms with Gasteiger partial charge in [-0.25, -0.2) is 4.39 Å². The standard InChI is InChI=1S/C21H26FN3O/c1-24-14-4-2-3-5-20(24)21(26)25(16-18-10-12-23-13-11-18)15-17-6-8-19(22)9-7-17/h6-13,20H,2-5,14-16H2,1H3/t20-/m1/s1. The van der Waals surface area contributed by atoms with E-state index in [9.17, 15) is 9.18 Å². The molecule has 3 rings (SSSR count). The Hall–Kier alpha value is -2.27. The number of halogens is 1. The van der Waals surface area contributed by atoms with E-state index in [1.807, 2.05) is 24.1 Å². The van der Waals surface area contributed by atoms with Crippen molar-refractivity contribution < 1.29 is 9.18 Å². The molecule has 5 heteroatoms. The first-order valence-electron chi connectivity index (χ1n) is 9.26. The Morgan fingerprint density at radius 1 is 1.08 bits per heavy atom. The lowest BCUT2D eigenvalue weighted by Crippen LogP contribution is -2.46. The number of hydrogen-bond acceptors (Lipinski definition) is 3. The molecule has 2 aromatic rings.